The first-order chi connectivity index (χ1) is 9.55. The number of rotatable bonds is 6. The van der Waals surface area contributed by atoms with Gasteiger partial charge in [0.05, 0.1) is 6.54 Å². The van der Waals surface area contributed by atoms with Crippen LogP contribution in [0, 0.1) is 5.92 Å². The maximum Gasteiger partial charge on any atom is 0.279 e. The molecule has 0 aliphatic carbocycles. The molecule has 1 aromatic heterocycles. The third-order valence-corrected chi connectivity index (χ3v) is 6.22. The van der Waals surface area contributed by atoms with E-state index in [1.54, 1.807) is 6.20 Å². The van der Waals surface area contributed by atoms with Gasteiger partial charge >= 0.3 is 0 Å². The van der Waals surface area contributed by atoms with Crippen LogP contribution in [0.15, 0.2) is 6.20 Å². The molecule has 6 nitrogen and oxygen atoms in total. The largest absolute Gasteiger partial charge is 0.396 e. The predicted octanol–water partition coefficient (Wildman–Crippen LogP) is 0.744. The van der Waals surface area contributed by atoms with Crippen molar-refractivity contribution in [1.29, 1.82) is 0 Å². The first-order valence-corrected chi connectivity index (χ1v) is 9.10. The van der Waals surface area contributed by atoms with Crippen LogP contribution in [0.3, 0.4) is 0 Å². The Labute approximate surface area is 124 Å². The summed E-state index contributed by atoms with van der Waals surface area (Å²) in [5.74, 6) is 0.229. The summed E-state index contributed by atoms with van der Waals surface area (Å²) in [6.45, 7) is 3.37. The van der Waals surface area contributed by atoms with E-state index in [0.29, 0.717) is 25.9 Å². The number of nitrogens with zero attached hydrogens (tertiary/aromatic N) is 2. The molecule has 0 radical (unpaired) electrons. The maximum atomic E-state index is 12.2. The Balaban J connectivity index is 1.88. The average Bonchev–Trinajstić information content (AvgIpc) is 2.93. The van der Waals surface area contributed by atoms with Crippen LogP contribution in [-0.2, 0) is 23.2 Å². The molecule has 2 heterocycles. The summed E-state index contributed by atoms with van der Waals surface area (Å²) in [7, 11) is -3.44. The van der Waals surface area contributed by atoms with Crippen molar-refractivity contribution in [2.75, 3.05) is 19.7 Å². The van der Waals surface area contributed by atoms with E-state index in [-0.39, 0.29) is 19.1 Å². The Kier molecular flexibility index (Phi) is 5.50. The molecule has 20 heavy (non-hydrogen) atoms. The van der Waals surface area contributed by atoms with E-state index in [1.807, 2.05) is 6.92 Å². The number of hydrogen-bond donors (Lipinski definition) is 2. The normalized spacial score (nSPS) is 18.5. The van der Waals surface area contributed by atoms with Gasteiger partial charge in [-0.3, -0.25) is 0 Å². The number of hydrogen-bond acceptors (Lipinski definition) is 5. The fourth-order valence-electron chi connectivity index (χ4n) is 2.17. The molecule has 0 unspecified atom stereocenters. The summed E-state index contributed by atoms with van der Waals surface area (Å²) < 4.78 is 28.4. The zero-order valence-electron chi connectivity index (χ0n) is 11.6. The van der Waals surface area contributed by atoms with Crippen molar-refractivity contribution >= 4 is 21.5 Å². The number of aliphatic hydroxyl groups is 1. The molecule has 1 fully saturated rings. The lowest BCUT2D eigenvalue weighted by atomic mass is 10.00. The van der Waals surface area contributed by atoms with Crippen molar-refractivity contribution in [3.8, 4) is 0 Å². The second kappa shape index (κ2) is 6.95. The second-order valence-electron chi connectivity index (χ2n) is 4.93. The fraction of sp³-hybridized carbons (Fsp3) is 0.750. The number of nitrogens with one attached hydrogen (secondary N) is 1. The molecule has 1 saturated heterocycles. The van der Waals surface area contributed by atoms with Crippen molar-refractivity contribution < 1.29 is 13.5 Å². The molecular formula is C12H21N3O3S2. The predicted molar refractivity (Wildman–Crippen MR) is 78.6 cm³/mol. The van der Waals surface area contributed by atoms with Crippen molar-refractivity contribution in [2.24, 2.45) is 5.92 Å². The summed E-state index contributed by atoms with van der Waals surface area (Å²) in [5.41, 5.74) is 0. The molecule has 2 N–H and O–H groups in total. The first kappa shape index (κ1) is 15.8. The van der Waals surface area contributed by atoms with Crippen LogP contribution in [0.5, 0.6) is 0 Å². The van der Waals surface area contributed by atoms with Gasteiger partial charge in [-0.2, -0.15) is 17.4 Å². The lowest BCUT2D eigenvalue weighted by Gasteiger charge is -2.30. The fourth-order valence-corrected chi connectivity index (χ4v) is 4.26. The van der Waals surface area contributed by atoms with Crippen LogP contribution in [-0.4, -0.2) is 42.5 Å². The molecule has 1 aliphatic rings. The molecule has 1 aliphatic heterocycles. The van der Waals surface area contributed by atoms with Gasteiger partial charge in [0.25, 0.3) is 10.2 Å². The van der Waals surface area contributed by atoms with E-state index in [1.165, 1.54) is 15.6 Å². The van der Waals surface area contributed by atoms with Gasteiger partial charge in [-0.15, -0.1) is 11.3 Å². The molecule has 0 saturated carbocycles. The number of piperidine rings is 1. The number of aliphatic hydroxyl groups excluding tert-OH is 1. The summed E-state index contributed by atoms with van der Waals surface area (Å²) in [6.07, 6.45) is 4.14. The summed E-state index contributed by atoms with van der Waals surface area (Å²) >= 11 is 1.53. The lowest BCUT2D eigenvalue weighted by molar-refractivity contribution is 0.169. The van der Waals surface area contributed by atoms with Crippen LogP contribution in [0.25, 0.3) is 0 Å². The minimum Gasteiger partial charge on any atom is -0.396 e. The molecule has 8 heteroatoms. The van der Waals surface area contributed by atoms with Crippen molar-refractivity contribution in [1.82, 2.24) is 14.0 Å². The highest BCUT2D eigenvalue weighted by molar-refractivity contribution is 7.87. The van der Waals surface area contributed by atoms with Crippen molar-refractivity contribution in [3.05, 3.63) is 16.1 Å². The minimum absolute atomic E-state index is 0.139. The number of aromatic nitrogens is 1. The third-order valence-electron chi connectivity index (χ3n) is 3.53. The zero-order chi connectivity index (χ0) is 14.6. The summed E-state index contributed by atoms with van der Waals surface area (Å²) in [6, 6.07) is 0. The van der Waals surface area contributed by atoms with Crippen molar-refractivity contribution in [2.45, 2.75) is 32.7 Å². The standard InChI is InChI=1S/C12H21N3O3S2/c1-2-11-7-13-12(19-11)8-14-20(17,18)15-5-3-10(9-16)4-6-15/h7,10,14,16H,2-6,8-9H2,1H3. The van der Waals surface area contributed by atoms with Crippen LogP contribution in [0.2, 0.25) is 0 Å². The Hall–Kier alpha value is -0.540. The van der Waals surface area contributed by atoms with Gasteiger partial charge in [0.1, 0.15) is 5.01 Å². The smallest absolute Gasteiger partial charge is 0.279 e. The van der Waals surface area contributed by atoms with Gasteiger partial charge in [-0.25, -0.2) is 4.98 Å². The minimum atomic E-state index is -3.44. The molecular weight excluding hydrogens is 298 g/mol. The van der Waals surface area contributed by atoms with E-state index >= 15 is 0 Å². The summed E-state index contributed by atoms with van der Waals surface area (Å²) in [4.78, 5) is 5.36. The van der Waals surface area contributed by atoms with Gasteiger partial charge in [-0.05, 0) is 25.2 Å². The third kappa shape index (κ3) is 3.98. The molecule has 1 aromatic rings. The van der Waals surface area contributed by atoms with E-state index in [9.17, 15) is 8.42 Å². The first-order valence-electron chi connectivity index (χ1n) is 6.84. The Morgan fingerprint density at radius 2 is 2.20 bits per heavy atom. The van der Waals surface area contributed by atoms with Gasteiger partial charge < -0.3 is 5.11 Å². The van der Waals surface area contributed by atoms with Crippen LogP contribution < -0.4 is 4.72 Å². The van der Waals surface area contributed by atoms with E-state index < -0.39 is 10.2 Å². The number of aryl methyl sites for hydroxylation is 1. The molecule has 114 valence electrons. The lowest BCUT2D eigenvalue weighted by Crippen LogP contribution is -2.45. The molecule has 0 amide bonds. The second-order valence-corrected chi connectivity index (χ2v) is 7.88. The topological polar surface area (TPSA) is 82.5 Å². The Bertz CT molecular complexity index is 522. The number of thiazole rings is 1. The van der Waals surface area contributed by atoms with E-state index in [4.69, 9.17) is 5.11 Å². The Morgan fingerprint density at radius 3 is 2.75 bits per heavy atom. The van der Waals surface area contributed by atoms with Gasteiger partial charge in [0, 0.05) is 30.8 Å². The van der Waals surface area contributed by atoms with E-state index in [0.717, 1.165) is 16.3 Å². The molecule has 0 bridgehead atoms. The van der Waals surface area contributed by atoms with E-state index in [2.05, 4.69) is 9.71 Å². The van der Waals surface area contributed by atoms with Crippen LogP contribution in [0.4, 0.5) is 0 Å². The highest BCUT2D eigenvalue weighted by Crippen LogP contribution is 2.19. The highest BCUT2D eigenvalue weighted by Gasteiger charge is 2.27. The molecule has 0 spiro atoms. The average molecular weight is 319 g/mol. The highest BCUT2D eigenvalue weighted by atomic mass is 32.2. The zero-order valence-corrected chi connectivity index (χ0v) is 13.2. The summed E-state index contributed by atoms with van der Waals surface area (Å²) in [5, 5.41) is 9.85. The Morgan fingerprint density at radius 1 is 1.50 bits per heavy atom. The molecule has 0 aromatic carbocycles. The van der Waals surface area contributed by atoms with Gasteiger partial charge in [0.2, 0.25) is 0 Å². The van der Waals surface area contributed by atoms with Crippen molar-refractivity contribution in [3.63, 3.8) is 0 Å². The van der Waals surface area contributed by atoms with Crippen LogP contribution in [0.1, 0.15) is 29.7 Å². The maximum absolute atomic E-state index is 12.2. The molecule has 2 rings (SSSR count). The van der Waals surface area contributed by atoms with Gasteiger partial charge in [0.15, 0.2) is 0 Å². The van der Waals surface area contributed by atoms with Gasteiger partial charge in [-0.1, -0.05) is 6.92 Å². The quantitative estimate of drug-likeness (QED) is 0.810. The monoisotopic (exact) mass is 319 g/mol. The van der Waals surface area contributed by atoms with Crippen LogP contribution >= 0.6 is 11.3 Å². The molecule has 0 atom stereocenters. The SMILES string of the molecule is CCc1cnc(CNS(=O)(=O)N2CCC(CO)CC2)s1.